The first kappa shape index (κ1) is 16.0. The van der Waals surface area contributed by atoms with Gasteiger partial charge in [-0.1, -0.05) is 29.8 Å². The Hall–Kier alpha value is -2.53. The number of fused-ring (bicyclic) bond motifs is 2. The number of nitrogens with one attached hydrogen (secondary N) is 1. The molecule has 3 aromatic rings. The Morgan fingerprint density at radius 1 is 1.20 bits per heavy atom. The maximum Gasteiger partial charge on any atom is 0.287 e. The lowest BCUT2D eigenvalue weighted by Crippen LogP contribution is -2.31. The van der Waals surface area contributed by atoms with Crippen LogP contribution < -0.4 is 10.7 Å². The minimum atomic E-state index is -0.355. The van der Waals surface area contributed by atoms with E-state index in [4.69, 9.17) is 4.42 Å². The van der Waals surface area contributed by atoms with Gasteiger partial charge in [-0.2, -0.15) is 0 Å². The summed E-state index contributed by atoms with van der Waals surface area (Å²) in [6.07, 6.45) is 0.852. The van der Waals surface area contributed by atoms with Crippen molar-refractivity contribution in [2.75, 3.05) is 5.75 Å². The molecule has 1 atom stereocenters. The summed E-state index contributed by atoms with van der Waals surface area (Å²) in [4.78, 5) is 26.1. The van der Waals surface area contributed by atoms with Crippen molar-refractivity contribution in [3.8, 4) is 0 Å². The first-order valence-corrected chi connectivity index (χ1v) is 9.17. The van der Waals surface area contributed by atoms with Crippen LogP contribution in [0.2, 0.25) is 0 Å². The smallest absolute Gasteiger partial charge is 0.287 e. The second-order valence-corrected chi connectivity index (χ2v) is 7.31. The van der Waals surface area contributed by atoms with Gasteiger partial charge in [0.15, 0.2) is 11.2 Å². The molecule has 1 aromatic heterocycles. The third-order valence-electron chi connectivity index (χ3n) is 4.37. The lowest BCUT2D eigenvalue weighted by atomic mass is 10.0. The van der Waals surface area contributed by atoms with Gasteiger partial charge in [-0.3, -0.25) is 9.59 Å². The minimum absolute atomic E-state index is 0.0528. The Labute approximate surface area is 149 Å². The van der Waals surface area contributed by atoms with Crippen LogP contribution >= 0.6 is 11.8 Å². The van der Waals surface area contributed by atoms with Crippen molar-refractivity contribution in [1.29, 1.82) is 0 Å². The van der Waals surface area contributed by atoms with Crippen molar-refractivity contribution in [3.05, 3.63) is 75.6 Å². The lowest BCUT2D eigenvalue weighted by Gasteiger charge is -2.25. The molecule has 1 N–H and O–H groups in total. The van der Waals surface area contributed by atoms with E-state index in [9.17, 15) is 9.59 Å². The molecule has 1 amide bonds. The van der Waals surface area contributed by atoms with Crippen molar-refractivity contribution >= 4 is 28.6 Å². The third kappa shape index (κ3) is 3.07. The van der Waals surface area contributed by atoms with Crippen LogP contribution in [0.1, 0.15) is 34.1 Å². The summed E-state index contributed by atoms with van der Waals surface area (Å²) in [6.45, 7) is 1.91. The van der Waals surface area contributed by atoms with E-state index in [1.807, 2.05) is 31.2 Å². The number of amides is 1. The van der Waals surface area contributed by atoms with Crippen LogP contribution in [0.3, 0.4) is 0 Å². The third-order valence-corrected chi connectivity index (χ3v) is 5.49. The number of aryl methyl sites for hydroxylation is 1. The monoisotopic (exact) mass is 351 g/mol. The molecule has 0 saturated heterocycles. The van der Waals surface area contributed by atoms with E-state index in [1.54, 1.807) is 23.9 Å². The van der Waals surface area contributed by atoms with Gasteiger partial charge in [-0.15, -0.1) is 11.8 Å². The van der Waals surface area contributed by atoms with Crippen molar-refractivity contribution in [3.63, 3.8) is 0 Å². The molecule has 4 rings (SSSR count). The predicted molar refractivity (Wildman–Crippen MR) is 99.2 cm³/mol. The highest BCUT2D eigenvalue weighted by molar-refractivity contribution is 7.99. The molecule has 4 nitrogen and oxygen atoms in total. The fourth-order valence-electron chi connectivity index (χ4n) is 3.10. The van der Waals surface area contributed by atoms with Gasteiger partial charge in [-0.25, -0.2) is 0 Å². The van der Waals surface area contributed by atoms with Gasteiger partial charge in [0.25, 0.3) is 5.91 Å². The molecule has 126 valence electrons. The quantitative estimate of drug-likeness (QED) is 0.756. The maximum atomic E-state index is 12.6. The van der Waals surface area contributed by atoms with Gasteiger partial charge in [0, 0.05) is 16.7 Å². The Morgan fingerprint density at radius 2 is 2.04 bits per heavy atom. The fourth-order valence-corrected chi connectivity index (χ4v) is 4.23. The number of carbonyl (C=O) groups is 1. The Kier molecular flexibility index (Phi) is 4.09. The van der Waals surface area contributed by atoms with Crippen LogP contribution in [0, 0.1) is 6.92 Å². The minimum Gasteiger partial charge on any atom is -0.451 e. The highest BCUT2D eigenvalue weighted by Gasteiger charge is 2.23. The van der Waals surface area contributed by atoms with Gasteiger partial charge < -0.3 is 9.73 Å². The van der Waals surface area contributed by atoms with E-state index < -0.39 is 0 Å². The molecule has 5 heteroatoms. The van der Waals surface area contributed by atoms with Crippen LogP contribution in [-0.2, 0) is 0 Å². The molecule has 0 saturated carbocycles. The Balaban J connectivity index is 1.65. The van der Waals surface area contributed by atoms with Crippen LogP contribution in [-0.4, -0.2) is 11.7 Å². The average molecular weight is 351 g/mol. The fraction of sp³-hybridized carbons (Fsp3) is 0.200. The molecule has 0 fully saturated rings. The summed E-state index contributed by atoms with van der Waals surface area (Å²) in [5.74, 6) is 0.645. The molecule has 0 bridgehead atoms. The summed E-state index contributed by atoms with van der Waals surface area (Å²) in [5.41, 5.74) is 2.33. The van der Waals surface area contributed by atoms with Crippen molar-refractivity contribution in [2.45, 2.75) is 24.3 Å². The molecule has 2 heterocycles. The summed E-state index contributed by atoms with van der Waals surface area (Å²) in [7, 11) is 0. The first-order chi connectivity index (χ1) is 12.1. The van der Waals surface area contributed by atoms with Crippen molar-refractivity contribution in [2.24, 2.45) is 0 Å². The van der Waals surface area contributed by atoms with Crippen molar-refractivity contribution < 1.29 is 9.21 Å². The van der Waals surface area contributed by atoms with Gasteiger partial charge in [0.1, 0.15) is 5.58 Å². The number of rotatable bonds is 2. The van der Waals surface area contributed by atoms with E-state index in [-0.39, 0.29) is 23.1 Å². The molecule has 1 aliphatic heterocycles. The molecule has 0 radical (unpaired) electrons. The molecular weight excluding hydrogens is 334 g/mol. The second kappa shape index (κ2) is 6.41. The summed E-state index contributed by atoms with van der Waals surface area (Å²) < 4.78 is 5.67. The Bertz CT molecular complexity index is 1020. The normalized spacial score (nSPS) is 16.4. The van der Waals surface area contributed by atoms with Gasteiger partial charge in [0.2, 0.25) is 0 Å². The molecule has 0 aliphatic carbocycles. The molecule has 0 unspecified atom stereocenters. The van der Waals surface area contributed by atoms with E-state index in [1.165, 1.54) is 11.0 Å². The van der Waals surface area contributed by atoms with Crippen LogP contribution in [0.4, 0.5) is 0 Å². The summed E-state index contributed by atoms with van der Waals surface area (Å²) in [5, 5.41) is 3.51. The molecule has 0 spiro atoms. The molecule has 25 heavy (non-hydrogen) atoms. The zero-order valence-electron chi connectivity index (χ0n) is 13.7. The zero-order chi connectivity index (χ0) is 17.4. The van der Waals surface area contributed by atoms with E-state index in [0.29, 0.717) is 11.0 Å². The maximum absolute atomic E-state index is 12.6. The zero-order valence-corrected chi connectivity index (χ0v) is 14.6. The number of benzene rings is 2. The van der Waals surface area contributed by atoms with Gasteiger partial charge in [0.05, 0.1) is 11.4 Å². The van der Waals surface area contributed by atoms with E-state index in [0.717, 1.165) is 23.3 Å². The average Bonchev–Trinajstić information content (AvgIpc) is 2.62. The summed E-state index contributed by atoms with van der Waals surface area (Å²) in [6, 6.07) is 14.7. The molecule has 2 aromatic carbocycles. The van der Waals surface area contributed by atoms with Crippen molar-refractivity contribution in [1.82, 2.24) is 5.32 Å². The largest absolute Gasteiger partial charge is 0.451 e. The van der Waals surface area contributed by atoms with Crippen LogP contribution in [0.5, 0.6) is 0 Å². The van der Waals surface area contributed by atoms with Gasteiger partial charge >= 0.3 is 0 Å². The first-order valence-electron chi connectivity index (χ1n) is 8.19. The standard InChI is InChI=1S/C20H17NO3S/c1-12-6-7-17-14(10-12)16(22)11-18(24-17)20(23)21-15-8-9-25-19-5-3-2-4-13(15)19/h2-7,10-11,15H,8-9H2,1H3,(H,21,23)/t15-/m1/s1. The number of hydrogen-bond acceptors (Lipinski definition) is 4. The summed E-state index contributed by atoms with van der Waals surface area (Å²) >= 11 is 1.80. The van der Waals surface area contributed by atoms with Gasteiger partial charge in [-0.05, 0) is 37.1 Å². The van der Waals surface area contributed by atoms with Crippen LogP contribution in [0.25, 0.3) is 11.0 Å². The highest BCUT2D eigenvalue weighted by Crippen LogP contribution is 2.35. The van der Waals surface area contributed by atoms with E-state index >= 15 is 0 Å². The SMILES string of the molecule is Cc1ccc2oc(C(=O)N[C@@H]3CCSc4ccccc43)cc(=O)c2c1. The molecular formula is C20H17NO3S. The second-order valence-electron chi connectivity index (χ2n) is 6.18. The lowest BCUT2D eigenvalue weighted by molar-refractivity contribution is 0.0907. The van der Waals surface area contributed by atoms with Crippen LogP contribution in [0.15, 0.2) is 62.6 Å². The topological polar surface area (TPSA) is 59.3 Å². The number of thioether (sulfide) groups is 1. The number of carbonyl (C=O) groups excluding carboxylic acids is 1. The molecule has 1 aliphatic rings. The number of hydrogen-bond donors (Lipinski definition) is 1. The highest BCUT2D eigenvalue weighted by atomic mass is 32.2. The Morgan fingerprint density at radius 3 is 2.92 bits per heavy atom. The van der Waals surface area contributed by atoms with E-state index in [2.05, 4.69) is 11.4 Å². The predicted octanol–water partition coefficient (Wildman–Crippen LogP) is 4.07.